The van der Waals surface area contributed by atoms with E-state index in [9.17, 15) is 0 Å². The van der Waals surface area contributed by atoms with Gasteiger partial charge in [-0.3, -0.25) is 4.99 Å². The van der Waals surface area contributed by atoms with Gasteiger partial charge in [0, 0.05) is 18.7 Å². The molecule has 0 bridgehead atoms. The largest absolute Gasteiger partial charge is 0.444 e. The fraction of sp³-hybridized carbons (Fsp3) is 0.375. The van der Waals surface area contributed by atoms with Crippen molar-refractivity contribution in [3.8, 4) is 11.5 Å². The Bertz CT molecular complexity index is 626. The standard InChI is InChI=1S/C16H20N4O.HI/c1-11-8-14(11)20-16(17-2)18-9-13-10-21-15(19-13)12-6-4-3-5-7-12;/h3-7,10-11,14H,8-9H2,1-2H3,(H2,17,18,20);1H. The van der Waals surface area contributed by atoms with Gasteiger partial charge < -0.3 is 15.1 Å². The highest BCUT2D eigenvalue weighted by Crippen LogP contribution is 2.28. The maximum atomic E-state index is 5.52. The van der Waals surface area contributed by atoms with Gasteiger partial charge in [-0.15, -0.1) is 24.0 Å². The summed E-state index contributed by atoms with van der Waals surface area (Å²) in [5.74, 6) is 2.19. The number of oxazole rings is 1. The number of guanidine groups is 1. The topological polar surface area (TPSA) is 62.5 Å². The molecule has 1 saturated carbocycles. The van der Waals surface area contributed by atoms with Crippen LogP contribution in [-0.4, -0.2) is 24.0 Å². The van der Waals surface area contributed by atoms with Crippen LogP contribution in [0.4, 0.5) is 0 Å². The Balaban J connectivity index is 0.00000176. The molecule has 2 atom stereocenters. The molecule has 1 aromatic heterocycles. The molecule has 6 heteroatoms. The molecule has 1 fully saturated rings. The smallest absolute Gasteiger partial charge is 0.226 e. The molecule has 118 valence electrons. The molecule has 0 aliphatic heterocycles. The first-order valence-corrected chi connectivity index (χ1v) is 7.23. The van der Waals surface area contributed by atoms with Crippen molar-refractivity contribution in [1.29, 1.82) is 0 Å². The molecule has 3 rings (SSSR count). The van der Waals surface area contributed by atoms with Gasteiger partial charge in [0.1, 0.15) is 6.26 Å². The number of hydrogen-bond donors (Lipinski definition) is 2. The predicted octanol–water partition coefficient (Wildman–Crippen LogP) is 3.03. The molecule has 2 N–H and O–H groups in total. The van der Waals surface area contributed by atoms with E-state index in [0.29, 0.717) is 18.5 Å². The maximum absolute atomic E-state index is 5.52. The van der Waals surface area contributed by atoms with Gasteiger partial charge in [-0.25, -0.2) is 4.98 Å². The van der Waals surface area contributed by atoms with Crippen molar-refractivity contribution in [1.82, 2.24) is 15.6 Å². The van der Waals surface area contributed by atoms with Gasteiger partial charge >= 0.3 is 0 Å². The quantitative estimate of drug-likeness (QED) is 0.461. The summed E-state index contributed by atoms with van der Waals surface area (Å²) in [6.45, 7) is 2.83. The maximum Gasteiger partial charge on any atom is 0.226 e. The zero-order chi connectivity index (χ0) is 14.7. The SMILES string of the molecule is CN=C(NCc1coc(-c2ccccc2)n1)NC1CC1C.I. The fourth-order valence-electron chi connectivity index (χ4n) is 2.17. The first-order valence-electron chi connectivity index (χ1n) is 7.23. The van der Waals surface area contributed by atoms with Crippen LogP contribution in [0.1, 0.15) is 19.0 Å². The number of nitrogens with zero attached hydrogens (tertiary/aromatic N) is 2. The van der Waals surface area contributed by atoms with Gasteiger partial charge in [0.2, 0.25) is 5.89 Å². The van der Waals surface area contributed by atoms with E-state index in [1.165, 1.54) is 6.42 Å². The van der Waals surface area contributed by atoms with Crippen molar-refractivity contribution in [2.24, 2.45) is 10.9 Å². The molecular formula is C16H21IN4O. The van der Waals surface area contributed by atoms with Crippen LogP contribution in [0, 0.1) is 5.92 Å². The Morgan fingerprint density at radius 3 is 2.73 bits per heavy atom. The Kier molecular flexibility index (Phi) is 5.82. The Morgan fingerprint density at radius 2 is 2.09 bits per heavy atom. The lowest BCUT2D eigenvalue weighted by atomic mass is 10.2. The van der Waals surface area contributed by atoms with Crippen LogP contribution < -0.4 is 10.6 Å². The molecular weight excluding hydrogens is 391 g/mol. The van der Waals surface area contributed by atoms with Gasteiger partial charge in [0.25, 0.3) is 0 Å². The van der Waals surface area contributed by atoms with Crippen LogP contribution in [0.15, 0.2) is 46.0 Å². The minimum absolute atomic E-state index is 0. The summed E-state index contributed by atoms with van der Waals surface area (Å²) in [6, 6.07) is 10.4. The third kappa shape index (κ3) is 4.22. The molecule has 2 unspecified atom stereocenters. The first-order chi connectivity index (χ1) is 10.3. The minimum Gasteiger partial charge on any atom is -0.444 e. The number of nitrogens with one attached hydrogen (secondary N) is 2. The van der Waals surface area contributed by atoms with E-state index in [4.69, 9.17) is 4.42 Å². The van der Waals surface area contributed by atoms with Crippen LogP contribution in [-0.2, 0) is 6.54 Å². The molecule has 1 heterocycles. The van der Waals surface area contributed by atoms with Gasteiger partial charge in [-0.05, 0) is 24.5 Å². The normalized spacial score (nSPS) is 20.2. The Hall–Kier alpha value is -1.57. The van der Waals surface area contributed by atoms with Crippen molar-refractivity contribution in [2.75, 3.05) is 7.05 Å². The van der Waals surface area contributed by atoms with E-state index in [2.05, 4.69) is 27.5 Å². The molecule has 1 aliphatic carbocycles. The highest BCUT2D eigenvalue weighted by atomic mass is 127. The predicted molar refractivity (Wildman–Crippen MR) is 98.3 cm³/mol. The molecule has 0 saturated heterocycles. The van der Waals surface area contributed by atoms with Crippen LogP contribution in [0.2, 0.25) is 0 Å². The highest BCUT2D eigenvalue weighted by Gasteiger charge is 2.33. The van der Waals surface area contributed by atoms with Crippen LogP contribution in [0.3, 0.4) is 0 Å². The summed E-state index contributed by atoms with van der Waals surface area (Å²) in [5, 5.41) is 6.64. The molecule has 5 nitrogen and oxygen atoms in total. The van der Waals surface area contributed by atoms with E-state index < -0.39 is 0 Å². The second kappa shape index (κ2) is 7.62. The van der Waals surface area contributed by atoms with Crippen molar-refractivity contribution in [3.63, 3.8) is 0 Å². The lowest BCUT2D eigenvalue weighted by Gasteiger charge is -2.09. The molecule has 0 radical (unpaired) electrons. The Labute approximate surface area is 147 Å². The minimum atomic E-state index is 0. The summed E-state index contributed by atoms with van der Waals surface area (Å²) >= 11 is 0. The number of hydrogen-bond acceptors (Lipinski definition) is 3. The number of aliphatic imine (C=N–C) groups is 1. The third-order valence-electron chi connectivity index (χ3n) is 3.66. The van der Waals surface area contributed by atoms with E-state index in [0.717, 1.165) is 23.1 Å². The molecule has 1 aromatic carbocycles. The average molecular weight is 412 g/mol. The lowest BCUT2D eigenvalue weighted by molar-refractivity contribution is 0.572. The lowest BCUT2D eigenvalue weighted by Crippen LogP contribution is -2.38. The van der Waals surface area contributed by atoms with Crippen LogP contribution >= 0.6 is 24.0 Å². The first kappa shape index (κ1) is 16.8. The molecule has 22 heavy (non-hydrogen) atoms. The van der Waals surface area contributed by atoms with Gasteiger partial charge in [0.15, 0.2) is 5.96 Å². The van der Waals surface area contributed by atoms with Gasteiger partial charge in [-0.1, -0.05) is 25.1 Å². The van der Waals surface area contributed by atoms with Crippen molar-refractivity contribution in [3.05, 3.63) is 42.3 Å². The van der Waals surface area contributed by atoms with Crippen molar-refractivity contribution >= 4 is 29.9 Å². The van der Waals surface area contributed by atoms with Gasteiger partial charge in [0.05, 0.1) is 12.2 Å². The van der Waals surface area contributed by atoms with E-state index in [1.54, 1.807) is 13.3 Å². The van der Waals surface area contributed by atoms with Crippen molar-refractivity contribution in [2.45, 2.75) is 25.9 Å². The van der Waals surface area contributed by atoms with Gasteiger partial charge in [-0.2, -0.15) is 0 Å². The van der Waals surface area contributed by atoms with E-state index in [1.807, 2.05) is 30.3 Å². The molecule has 2 aromatic rings. The van der Waals surface area contributed by atoms with Crippen LogP contribution in [0.5, 0.6) is 0 Å². The number of aromatic nitrogens is 1. The number of benzene rings is 1. The summed E-state index contributed by atoms with van der Waals surface area (Å²) in [4.78, 5) is 8.70. The summed E-state index contributed by atoms with van der Waals surface area (Å²) in [6.07, 6.45) is 2.89. The zero-order valence-electron chi connectivity index (χ0n) is 12.7. The highest BCUT2D eigenvalue weighted by molar-refractivity contribution is 14.0. The second-order valence-electron chi connectivity index (χ2n) is 5.40. The summed E-state index contributed by atoms with van der Waals surface area (Å²) < 4.78 is 5.52. The fourth-order valence-corrected chi connectivity index (χ4v) is 2.17. The van der Waals surface area contributed by atoms with E-state index >= 15 is 0 Å². The zero-order valence-corrected chi connectivity index (χ0v) is 15.1. The molecule has 0 spiro atoms. The second-order valence-corrected chi connectivity index (χ2v) is 5.40. The monoisotopic (exact) mass is 412 g/mol. The van der Waals surface area contributed by atoms with Crippen molar-refractivity contribution < 1.29 is 4.42 Å². The number of rotatable bonds is 4. The molecule has 0 amide bonds. The number of halogens is 1. The third-order valence-corrected chi connectivity index (χ3v) is 3.66. The summed E-state index contributed by atoms with van der Waals surface area (Å²) in [7, 11) is 1.78. The summed E-state index contributed by atoms with van der Waals surface area (Å²) in [5.41, 5.74) is 1.85. The molecule has 1 aliphatic rings. The van der Waals surface area contributed by atoms with Crippen LogP contribution in [0.25, 0.3) is 11.5 Å². The Morgan fingerprint density at radius 1 is 1.36 bits per heavy atom. The average Bonchev–Trinajstić information content (AvgIpc) is 3.02. The van der Waals surface area contributed by atoms with E-state index in [-0.39, 0.29) is 24.0 Å².